The third kappa shape index (κ3) is 3.98. The smallest absolute Gasteiger partial charge is 0.251 e. The van der Waals surface area contributed by atoms with Crippen molar-refractivity contribution >= 4 is 40.7 Å². The van der Waals surface area contributed by atoms with E-state index in [1.165, 1.54) is 4.90 Å². The number of hydrogen-bond acceptors (Lipinski definition) is 4. The minimum Gasteiger partial charge on any atom is -0.326 e. The van der Waals surface area contributed by atoms with Gasteiger partial charge in [-0.15, -0.1) is 0 Å². The fourth-order valence-corrected chi connectivity index (χ4v) is 4.40. The number of carbonyl (C=O) groups is 3. The second kappa shape index (κ2) is 8.58. The van der Waals surface area contributed by atoms with Crippen molar-refractivity contribution in [3.05, 3.63) is 59.1 Å². The normalized spacial score (nSPS) is 20.6. The van der Waals surface area contributed by atoms with Crippen LogP contribution < -0.4 is 10.2 Å². The molecule has 0 aromatic heterocycles. The lowest BCUT2D eigenvalue weighted by Gasteiger charge is -2.34. The van der Waals surface area contributed by atoms with E-state index < -0.39 is 6.04 Å². The van der Waals surface area contributed by atoms with E-state index in [-0.39, 0.29) is 30.1 Å². The molecule has 0 radical (unpaired) electrons. The first-order valence-electron chi connectivity index (χ1n) is 10.2. The van der Waals surface area contributed by atoms with Crippen LogP contribution in [-0.2, 0) is 14.4 Å². The van der Waals surface area contributed by atoms with E-state index in [1.54, 1.807) is 18.2 Å². The summed E-state index contributed by atoms with van der Waals surface area (Å²) in [5.74, 6) is -0.511. The molecule has 2 aliphatic heterocycles. The van der Waals surface area contributed by atoms with Gasteiger partial charge in [-0.3, -0.25) is 19.3 Å². The highest BCUT2D eigenvalue weighted by Gasteiger charge is 2.44. The van der Waals surface area contributed by atoms with Crippen LogP contribution in [-0.4, -0.2) is 41.8 Å². The van der Waals surface area contributed by atoms with Gasteiger partial charge in [-0.2, -0.15) is 0 Å². The van der Waals surface area contributed by atoms with Gasteiger partial charge in [0.15, 0.2) is 0 Å². The van der Waals surface area contributed by atoms with Crippen molar-refractivity contribution in [3.8, 4) is 0 Å². The summed E-state index contributed by atoms with van der Waals surface area (Å²) in [6.45, 7) is 3.03. The molecule has 156 valence electrons. The highest BCUT2D eigenvalue weighted by atomic mass is 35.5. The summed E-state index contributed by atoms with van der Waals surface area (Å²) in [6.07, 6.45) is 1.48. The van der Waals surface area contributed by atoms with Crippen LogP contribution in [0.15, 0.2) is 48.5 Å². The Morgan fingerprint density at radius 1 is 1.03 bits per heavy atom. The minimum absolute atomic E-state index is 0.00542. The number of piperidine rings is 1. The van der Waals surface area contributed by atoms with Crippen molar-refractivity contribution in [2.24, 2.45) is 5.92 Å². The number of rotatable bonds is 4. The van der Waals surface area contributed by atoms with Crippen molar-refractivity contribution in [2.45, 2.75) is 32.2 Å². The molecule has 2 aromatic rings. The second-order valence-electron chi connectivity index (χ2n) is 7.84. The standard InChI is InChI=1S/C23H24ClN3O3/c1-15-18(24)8-5-9-19(15)27-21(28)14-20(23(27)30)26-12-10-16(11-13-26)22(29)25-17-6-3-2-4-7-17/h2-9,16,20H,10-14H2,1H3,(H,25,29)/t20-/m0/s1. The second-order valence-corrected chi connectivity index (χ2v) is 8.24. The van der Waals surface area contributed by atoms with E-state index in [0.29, 0.717) is 36.6 Å². The number of nitrogens with one attached hydrogen (secondary N) is 1. The average molecular weight is 426 g/mol. The number of halogens is 1. The van der Waals surface area contributed by atoms with E-state index in [1.807, 2.05) is 42.2 Å². The quantitative estimate of drug-likeness (QED) is 0.759. The van der Waals surface area contributed by atoms with E-state index in [2.05, 4.69) is 5.32 Å². The van der Waals surface area contributed by atoms with Crippen molar-refractivity contribution < 1.29 is 14.4 Å². The molecular weight excluding hydrogens is 402 g/mol. The third-order valence-corrected chi connectivity index (χ3v) is 6.39. The number of imide groups is 1. The molecule has 0 aliphatic carbocycles. The van der Waals surface area contributed by atoms with Crippen LogP contribution in [0, 0.1) is 12.8 Å². The molecule has 1 N–H and O–H groups in total. The van der Waals surface area contributed by atoms with Gasteiger partial charge in [-0.1, -0.05) is 35.9 Å². The Hall–Kier alpha value is -2.70. The zero-order valence-corrected chi connectivity index (χ0v) is 17.6. The molecule has 0 saturated carbocycles. The first-order chi connectivity index (χ1) is 14.5. The number of para-hydroxylation sites is 1. The van der Waals surface area contributed by atoms with Crippen molar-refractivity contribution in [3.63, 3.8) is 0 Å². The van der Waals surface area contributed by atoms with Crippen LogP contribution >= 0.6 is 11.6 Å². The molecule has 1 atom stereocenters. The number of benzene rings is 2. The Kier molecular flexibility index (Phi) is 5.88. The van der Waals surface area contributed by atoms with Gasteiger partial charge in [0.2, 0.25) is 11.8 Å². The summed E-state index contributed by atoms with van der Waals surface area (Å²) in [7, 11) is 0. The third-order valence-electron chi connectivity index (χ3n) is 5.99. The van der Waals surface area contributed by atoms with Gasteiger partial charge in [0.1, 0.15) is 0 Å². The largest absolute Gasteiger partial charge is 0.326 e. The average Bonchev–Trinajstić information content (AvgIpc) is 3.05. The molecule has 30 heavy (non-hydrogen) atoms. The first-order valence-corrected chi connectivity index (χ1v) is 10.6. The van der Waals surface area contributed by atoms with Crippen LogP contribution in [0.4, 0.5) is 11.4 Å². The predicted octanol–water partition coefficient (Wildman–Crippen LogP) is 3.63. The Labute approximate surface area is 180 Å². The summed E-state index contributed by atoms with van der Waals surface area (Å²) < 4.78 is 0. The van der Waals surface area contributed by atoms with E-state index in [4.69, 9.17) is 11.6 Å². The zero-order valence-electron chi connectivity index (χ0n) is 16.8. The van der Waals surface area contributed by atoms with Gasteiger partial charge in [-0.05, 0) is 62.7 Å². The van der Waals surface area contributed by atoms with Crippen molar-refractivity contribution in [2.75, 3.05) is 23.3 Å². The number of amides is 3. The van der Waals surface area contributed by atoms with E-state index >= 15 is 0 Å². The molecule has 2 fully saturated rings. The number of nitrogens with zero attached hydrogens (tertiary/aromatic N) is 2. The van der Waals surface area contributed by atoms with Crippen LogP contribution in [0.2, 0.25) is 5.02 Å². The lowest BCUT2D eigenvalue weighted by atomic mass is 9.94. The van der Waals surface area contributed by atoms with Gasteiger partial charge in [0.05, 0.1) is 18.2 Å². The Morgan fingerprint density at radius 3 is 2.43 bits per heavy atom. The summed E-state index contributed by atoms with van der Waals surface area (Å²) in [5, 5.41) is 3.48. The van der Waals surface area contributed by atoms with Crippen LogP contribution in [0.3, 0.4) is 0 Å². The maximum atomic E-state index is 13.1. The molecule has 6 nitrogen and oxygen atoms in total. The Balaban J connectivity index is 1.39. The molecule has 0 spiro atoms. The number of likely N-dealkylation sites (tertiary alicyclic amines) is 1. The molecule has 0 unspecified atom stereocenters. The molecule has 2 saturated heterocycles. The first kappa shape index (κ1) is 20.6. The lowest BCUT2D eigenvalue weighted by molar-refractivity contribution is -0.123. The fourth-order valence-electron chi connectivity index (χ4n) is 4.23. The summed E-state index contributed by atoms with van der Waals surface area (Å²) in [4.78, 5) is 41.6. The summed E-state index contributed by atoms with van der Waals surface area (Å²) in [6, 6.07) is 14.2. The topological polar surface area (TPSA) is 69.7 Å². The molecule has 4 rings (SSSR count). The highest BCUT2D eigenvalue weighted by Crippen LogP contribution is 2.33. The van der Waals surface area contributed by atoms with Crippen molar-refractivity contribution in [1.29, 1.82) is 0 Å². The maximum Gasteiger partial charge on any atom is 0.251 e. The monoisotopic (exact) mass is 425 g/mol. The SMILES string of the molecule is Cc1c(Cl)cccc1N1C(=O)C[C@H](N2CCC(C(=O)Nc3ccccc3)CC2)C1=O. The Bertz CT molecular complexity index is 971. The number of carbonyl (C=O) groups excluding carboxylic acids is 3. The van der Waals surface area contributed by atoms with Gasteiger partial charge in [0.25, 0.3) is 5.91 Å². The molecular formula is C23H24ClN3O3. The predicted molar refractivity (Wildman–Crippen MR) is 116 cm³/mol. The van der Waals surface area contributed by atoms with Gasteiger partial charge >= 0.3 is 0 Å². The van der Waals surface area contributed by atoms with Crippen LogP contribution in [0.5, 0.6) is 0 Å². The van der Waals surface area contributed by atoms with Gasteiger partial charge in [0, 0.05) is 16.6 Å². The number of hydrogen-bond donors (Lipinski definition) is 1. The zero-order chi connectivity index (χ0) is 21.3. The maximum absolute atomic E-state index is 13.1. The molecule has 7 heteroatoms. The van der Waals surface area contributed by atoms with Gasteiger partial charge in [-0.25, -0.2) is 4.90 Å². The Morgan fingerprint density at radius 2 is 1.73 bits per heavy atom. The minimum atomic E-state index is -0.478. The molecule has 3 amide bonds. The van der Waals surface area contributed by atoms with Crippen LogP contribution in [0.1, 0.15) is 24.8 Å². The van der Waals surface area contributed by atoms with Gasteiger partial charge < -0.3 is 5.32 Å². The molecule has 2 aliphatic rings. The lowest BCUT2D eigenvalue weighted by Crippen LogP contribution is -2.47. The fraction of sp³-hybridized carbons (Fsp3) is 0.348. The summed E-state index contributed by atoms with van der Waals surface area (Å²) in [5.41, 5.74) is 2.06. The van der Waals surface area contributed by atoms with Crippen molar-refractivity contribution in [1.82, 2.24) is 4.90 Å². The van der Waals surface area contributed by atoms with Crippen LogP contribution in [0.25, 0.3) is 0 Å². The molecule has 2 heterocycles. The van der Waals surface area contributed by atoms with E-state index in [0.717, 1.165) is 11.3 Å². The number of anilines is 2. The summed E-state index contributed by atoms with van der Waals surface area (Å²) >= 11 is 6.18. The highest BCUT2D eigenvalue weighted by molar-refractivity contribution is 6.32. The molecule has 2 aromatic carbocycles. The van der Waals surface area contributed by atoms with E-state index in [9.17, 15) is 14.4 Å². The molecule has 0 bridgehead atoms.